The smallest absolute Gasteiger partial charge is 0.171 e. The van der Waals surface area contributed by atoms with Gasteiger partial charge in [0.1, 0.15) is 17.4 Å². The van der Waals surface area contributed by atoms with Gasteiger partial charge in [0.2, 0.25) is 0 Å². The molecule has 0 bridgehead atoms. The molecule has 0 fully saturated rings. The van der Waals surface area contributed by atoms with Crippen molar-refractivity contribution in [2.75, 3.05) is 0 Å². The Morgan fingerprint density at radius 2 is 1.41 bits per heavy atom. The minimum atomic E-state index is -1.86. The van der Waals surface area contributed by atoms with Crippen LogP contribution < -0.4 is 4.40 Å². The Kier molecular flexibility index (Phi) is 13.2. The molecule has 9 rings (SSSR count). The SMILES string of the molecule is CC(C)Cc1cc(-c2[c-]cccc2)nc[c]1[Ge]([CH3])([CH3])[CH3].CC(C)c1cc(-c2ccccc2)cc(C(C)C)c1-n1c(-c2[c-]ccc3c2oc2ccccc23)nc2ncncc21.[Ir]. The fourth-order valence-corrected chi connectivity index (χ4v) is 11.5. The normalized spacial score (nSPS) is 11.7. The van der Waals surface area contributed by atoms with Gasteiger partial charge >= 0.3 is 126 Å². The van der Waals surface area contributed by atoms with E-state index < -0.39 is 13.3 Å². The Hall–Kier alpha value is -5.21. The van der Waals surface area contributed by atoms with Gasteiger partial charge in [0.25, 0.3) is 0 Å². The van der Waals surface area contributed by atoms with Crippen molar-refractivity contribution in [3.63, 3.8) is 0 Å². The summed E-state index contributed by atoms with van der Waals surface area (Å²) < 4.78 is 10.2. The number of para-hydroxylation sites is 1. The van der Waals surface area contributed by atoms with E-state index in [1.807, 2.05) is 48.7 Å². The van der Waals surface area contributed by atoms with Crippen molar-refractivity contribution in [2.45, 2.75) is 77.1 Å². The minimum absolute atomic E-state index is 0. The molecule has 0 atom stereocenters. The van der Waals surface area contributed by atoms with Crippen LogP contribution in [0.25, 0.3) is 72.6 Å². The summed E-state index contributed by atoms with van der Waals surface area (Å²) in [6, 6.07) is 44.5. The van der Waals surface area contributed by atoms with Crippen molar-refractivity contribution < 1.29 is 24.5 Å². The van der Waals surface area contributed by atoms with Crippen LogP contribution >= 0.6 is 0 Å². The molecule has 9 aromatic rings. The molecule has 0 unspecified atom stereocenters. The van der Waals surface area contributed by atoms with Crippen molar-refractivity contribution in [1.82, 2.24) is 24.5 Å². The summed E-state index contributed by atoms with van der Waals surface area (Å²) in [6.07, 6.45) is 6.69. The van der Waals surface area contributed by atoms with E-state index in [0.29, 0.717) is 11.6 Å². The number of hydrogen-bond donors (Lipinski definition) is 0. The third-order valence-corrected chi connectivity index (χ3v) is 15.4. The molecule has 0 spiro atoms. The third-order valence-electron chi connectivity index (χ3n) is 11.1. The zero-order valence-corrected chi connectivity index (χ0v) is 41.0. The van der Waals surface area contributed by atoms with Crippen LogP contribution in [0.3, 0.4) is 0 Å². The van der Waals surface area contributed by atoms with E-state index in [9.17, 15) is 0 Å². The summed E-state index contributed by atoms with van der Waals surface area (Å²) >= 11 is -1.86. The standard InChI is InChI=1S/C35H29N4O.C18H24GeN.Ir/c1-21(2)28-17-24(23-11-6-5-7-12-23)18-29(22(3)4)32(28)39-30-19-36-20-37-34(30)38-35(39)27-15-10-14-26-25-13-8-9-16-31(25)40-33(26)27;1-14(2)11-16-12-18(15-9-7-6-8-10-15)20-13-17(16)19(3,4)5;/h5-14,16-22H,1-4H3;6-9,12-14H,11H2,1-5H3;/q2*-1;. The van der Waals surface area contributed by atoms with E-state index >= 15 is 0 Å². The summed E-state index contributed by atoms with van der Waals surface area (Å²) in [5.74, 6) is 9.26. The molecule has 0 saturated heterocycles. The number of benzene rings is 5. The minimum Gasteiger partial charge on any atom is -0.501 e. The number of nitrogens with zero attached hydrogens (tertiary/aromatic N) is 5. The first-order chi connectivity index (χ1) is 28.9. The van der Waals surface area contributed by atoms with Gasteiger partial charge in [-0.25, -0.2) is 9.97 Å². The molecule has 0 aliphatic heterocycles. The van der Waals surface area contributed by atoms with Crippen LogP contribution in [0.2, 0.25) is 17.3 Å². The van der Waals surface area contributed by atoms with E-state index in [1.54, 1.807) is 10.7 Å². The van der Waals surface area contributed by atoms with Gasteiger partial charge in [-0.1, -0.05) is 87.2 Å². The van der Waals surface area contributed by atoms with Crippen LogP contribution in [0.4, 0.5) is 0 Å². The van der Waals surface area contributed by atoms with Crippen LogP contribution in [0.15, 0.2) is 132 Å². The molecular formula is C53H53GeIrN5O-2. The number of aromatic nitrogens is 5. The van der Waals surface area contributed by atoms with E-state index in [1.165, 1.54) is 27.8 Å². The van der Waals surface area contributed by atoms with Gasteiger partial charge in [0.05, 0.1) is 17.6 Å². The van der Waals surface area contributed by atoms with Gasteiger partial charge in [-0.05, 0) is 52.3 Å². The summed E-state index contributed by atoms with van der Waals surface area (Å²) in [4.78, 5) is 18.8. The number of hydrogen-bond acceptors (Lipinski definition) is 5. The first-order valence-electron chi connectivity index (χ1n) is 21.1. The van der Waals surface area contributed by atoms with E-state index in [2.05, 4.69) is 158 Å². The molecule has 4 aromatic heterocycles. The van der Waals surface area contributed by atoms with Crippen molar-refractivity contribution in [3.05, 3.63) is 157 Å². The molecule has 0 amide bonds. The molecular weight excluding hydrogens is 987 g/mol. The maximum absolute atomic E-state index is 6.44. The number of furan rings is 1. The first kappa shape index (κ1) is 43.9. The summed E-state index contributed by atoms with van der Waals surface area (Å²) in [7, 11) is 0. The monoisotopic (exact) mass is 1040 g/mol. The number of pyridine rings is 1. The van der Waals surface area contributed by atoms with Crippen LogP contribution in [0, 0.1) is 18.1 Å². The molecule has 0 aliphatic carbocycles. The molecule has 1 radical (unpaired) electrons. The molecule has 61 heavy (non-hydrogen) atoms. The molecule has 0 saturated carbocycles. The van der Waals surface area contributed by atoms with Gasteiger partial charge in [-0.2, -0.15) is 0 Å². The number of fused-ring (bicyclic) bond motifs is 4. The quantitative estimate of drug-likeness (QED) is 0.106. The second kappa shape index (κ2) is 18.4. The predicted molar refractivity (Wildman–Crippen MR) is 252 cm³/mol. The Bertz CT molecular complexity index is 2900. The van der Waals surface area contributed by atoms with Crippen LogP contribution in [-0.2, 0) is 26.5 Å². The maximum atomic E-state index is 6.44. The van der Waals surface area contributed by atoms with Gasteiger partial charge < -0.3 is 8.98 Å². The van der Waals surface area contributed by atoms with Gasteiger partial charge in [0.15, 0.2) is 5.65 Å². The summed E-state index contributed by atoms with van der Waals surface area (Å²) in [5, 5.41) is 2.12. The second-order valence-corrected chi connectivity index (χ2v) is 28.3. The fourth-order valence-electron chi connectivity index (χ4n) is 8.17. The van der Waals surface area contributed by atoms with Crippen molar-refractivity contribution in [3.8, 4) is 39.5 Å². The van der Waals surface area contributed by atoms with Crippen molar-refractivity contribution in [2.24, 2.45) is 5.92 Å². The second-order valence-electron chi connectivity index (χ2n) is 17.7. The topological polar surface area (TPSA) is 69.6 Å². The van der Waals surface area contributed by atoms with E-state index in [0.717, 1.165) is 62.2 Å². The van der Waals surface area contributed by atoms with Gasteiger partial charge in [-0.3, -0.25) is 4.98 Å². The fraction of sp³-hybridized carbons (Fsp3) is 0.245. The Balaban J connectivity index is 0.000000226. The zero-order valence-electron chi connectivity index (χ0n) is 36.5. The molecule has 5 aromatic carbocycles. The maximum Gasteiger partial charge on any atom is 0.171 e. The van der Waals surface area contributed by atoms with Crippen molar-refractivity contribution in [1.29, 1.82) is 0 Å². The summed E-state index contributed by atoms with van der Waals surface area (Å²) in [5.41, 5.74) is 13.6. The van der Waals surface area contributed by atoms with E-state index in [-0.39, 0.29) is 31.9 Å². The van der Waals surface area contributed by atoms with Crippen LogP contribution in [-0.4, -0.2) is 37.8 Å². The number of imidazole rings is 1. The molecule has 8 heteroatoms. The Morgan fingerprint density at radius 3 is 2.08 bits per heavy atom. The van der Waals surface area contributed by atoms with Crippen molar-refractivity contribution >= 4 is 50.8 Å². The first-order valence-corrected chi connectivity index (χ1v) is 28.4. The van der Waals surface area contributed by atoms with Gasteiger partial charge in [-0.15, -0.1) is 18.2 Å². The van der Waals surface area contributed by atoms with E-state index in [4.69, 9.17) is 14.4 Å². The average molecular weight is 1040 g/mol. The average Bonchev–Trinajstić information content (AvgIpc) is 3.82. The number of rotatable bonds is 9. The zero-order chi connectivity index (χ0) is 42.1. The Morgan fingerprint density at radius 1 is 0.705 bits per heavy atom. The third kappa shape index (κ3) is 9.06. The van der Waals surface area contributed by atoms with Crippen LogP contribution in [0.5, 0.6) is 0 Å². The van der Waals surface area contributed by atoms with Gasteiger partial charge in [0, 0.05) is 31.2 Å². The molecule has 0 N–H and O–H groups in total. The predicted octanol–water partition coefficient (Wildman–Crippen LogP) is 13.4. The largest absolute Gasteiger partial charge is 0.501 e. The molecule has 4 heterocycles. The Labute approximate surface area is 376 Å². The molecule has 6 nitrogen and oxygen atoms in total. The molecule has 311 valence electrons. The molecule has 0 aliphatic rings. The summed E-state index contributed by atoms with van der Waals surface area (Å²) in [6.45, 7) is 13.6. The van der Waals surface area contributed by atoms with Crippen LogP contribution in [0.1, 0.15) is 70.1 Å².